The number of carbonyl (C=O) groups is 2. The van der Waals surface area contributed by atoms with Gasteiger partial charge in [-0.25, -0.2) is 4.79 Å². The number of non-ortho nitro benzene ring substituents is 1. The number of amides is 3. The summed E-state index contributed by atoms with van der Waals surface area (Å²) in [7, 11) is 0. The number of nitro benzene ring substituents is 1. The minimum absolute atomic E-state index is 0.0584. The first-order valence-corrected chi connectivity index (χ1v) is 8.49. The lowest BCUT2D eigenvalue weighted by Crippen LogP contribution is -2.30. The van der Waals surface area contributed by atoms with Gasteiger partial charge in [0.25, 0.3) is 11.6 Å². The molecule has 0 bridgehead atoms. The van der Waals surface area contributed by atoms with E-state index in [1.165, 1.54) is 24.3 Å². The predicted molar refractivity (Wildman–Crippen MR) is 97.6 cm³/mol. The molecule has 1 N–H and O–H groups in total. The van der Waals surface area contributed by atoms with Crippen molar-refractivity contribution in [2.45, 2.75) is 6.54 Å². The Bertz CT molecular complexity index is 1020. The highest BCUT2D eigenvalue weighted by atomic mass is 16.6. The zero-order valence-corrected chi connectivity index (χ0v) is 14.6. The molecule has 2 aromatic carbocycles. The average Bonchev–Trinajstić information content (AvgIpc) is 2.95. The number of hydrogen-bond acceptors (Lipinski definition) is 6. The molecule has 0 radical (unpaired) electrons. The number of imide groups is 1. The number of nitro groups is 1. The van der Waals surface area contributed by atoms with Gasteiger partial charge in [-0.2, -0.15) is 0 Å². The highest BCUT2D eigenvalue weighted by Gasteiger charge is 2.33. The maximum atomic E-state index is 12.6. The molecule has 28 heavy (non-hydrogen) atoms. The van der Waals surface area contributed by atoms with Crippen molar-refractivity contribution >= 4 is 23.7 Å². The summed E-state index contributed by atoms with van der Waals surface area (Å²) < 4.78 is 11.0. The van der Waals surface area contributed by atoms with Gasteiger partial charge in [0.05, 0.1) is 11.5 Å². The van der Waals surface area contributed by atoms with Crippen molar-refractivity contribution < 1.29 is 24.0 Å². The minimum Gasteiger partial charge on any atom is -0.486 e. The summed E-state index contributed by atoms with van der Waals surface area (Å²) in [6.07, 6.45) is 1.41. The van der Waals surface area contributed by atoms with E-state index >= 15 is 0 Å². The van der Waals surface area contributed by atoms with Gasteiger partial charge in [0, 0.05) is 12.1 Å². The molecular formula is C19H15N3O6. The topological polar surface area (TPSA) is 111 Å². The van der Waals surface area contributed by atoms with Crippen molar-refractivity contribution in [3.63, 3.8) is 0 Å². The zero-order chi connectivity index (χ0) is 19.7. The number of nitrogens with one attached hydrogen (secondary N) is 1. The van der Waals surface area contributed by atoms with Gasteiger partial charge >= 0.3 is 6.03 Å². The van der Waals surface area contributed by atoms with Gasteiger partial charge in [-0.3, -0.25) is 19.8 Å². The van der Waals surface area contributed by atoms with Crippen molar-refractivity contribution in [3.8, 4) is 11.5 Å². The molecular weight excluding hydrogens is 366 g/mol. The van der Waals surface area contributed by atoms with E-state index in [0.29, 0.717) is 35.8 Å². The molecule has 142 valence electrons. The lowest BCUT2D eigenvalue weighted by molar-refractivity contribution is -0.384. The number of benzene rings is 2. The van der Waals surface area contributed by atoms with Crippen LogP contribution in [0.15, 0.2) is 48.2 Å². The first-order valence-electron chi connectivity index (χ1n) is 8.49. The average molecular weight is 381 g/mol. The molecule has 9 nitrogen and oxygen atoms in total. The first kappa shape index (κ1) is 17.5. The number of urea groups is 1. The zero-order valence-electron chi connectivity index (χ0n) is 14.6. The van der Waals surface area contributed by atoms with Crippen LogP contribution in [0, 0.1) is 10.1 Å². The largest absolute Gasteiger partial charge is 0.486 e. The van der Waals surface area contributed by atoms with Crippen LogP contribution in [0.4, 0.5) is 10.5 Å². The minimum atomic E-state index is -0.559. The van der Waals surface area contributed by atoms with Crippen LogP contribution in [0.3, 0.4) is 0 Å². The molecule has 0 unspecified atom stereocenters. The fourth-order valence-electron chi connectivity index (χ4n) is 2.98. The third-order valence-corrected chi connectivity index (χ3v) is 4.30. The number of ether oxygens (including phenoxy) is 2. The molecule has 4 rings (SSSR count). The van der Waals surface area contributed by atoms with Crippen LogP contribution in [0.25, 0.3) is 6.08 Å². The molecule has 0 spiro atoms. The molecule has 0 aromatic heterocycles. The van der Waals surface area contributed by atoms with Crippen molar-refractivity contribution in [1.82, 2.24) is 10.2 Å². The monoisotopic (exact) mass is 381 g/mol. The van der Waals surface area contributed by atoms with E-state index < -0.39 is 16.9 Å². The standard InChI is InChI=1S/C19H15N3O6/c23-18-15(9-12-2-1-3-14(8-12)22(25)26)20-19(24)21(18)11-13-4-5-16-17(10-13)28-7-6-27-16/h1-5,8-10H,6-7,11H2,(H,20,24). The van der Waals surface area contributed by atoms with E-state index in [4.69, 9.17) is 9.47 Å². The first-order chi connectivity index (χ1) is 13.5. The van der Waals surface area contributed by atoms with E-state index in [1.807, 2.05) is 0 Å². The number of fused-ring (bicyclic) bond motifs is 1. The fraction of sp³-hybridized carbons (Fsp3) is 0.158. The molecule has 0 atom stereocenters. The quantitative estimate of drug-likeness (QED) is 0.377. The van der Waals surface area contributed by atoms with Crippen LogP contribution < -0.4 is 14.8 Å². The van der Waals surface area contributed by atoms with Crippen molar-refractivity contribution in [2.75, 3.05) is 13.2 Å². The number of rotatable bonds is 4. The Balaban J connectivity index is 1.54. The van der Waals surface area contributed by atoms with Crippen LogP contribution in [0.2, 0.25) is 0 Å². The van der Waals surface area contributed by atoms with Crippen molar-refractivity contribution in [2.24, 2.45) is 0 Å². The molecule has 2 aromatic rings. The van der Waals surface area contributed by atoms with Gasteiger partial charge in [0.1, 0.15) is 18.9 Å². The van der Waals surface area contributed by atoms with Gasteiger partial charge in [0.2, 0.25) is 0 Å². The molecule has 3 amide bonds. The van der Waals surface area contributed by atoms with Crippen LogP contribution in [-0.2, 0) is 11.3 Å². The molecule has 2 aliphatic rings. The molecule has 9 heteroatoms. The Morgan fingerprint density at radius 1 is 1.11 bits per heavy atom. The summed E-state index contributed by atoms with van der Waals surface area (Å²) in [5.74, 6) is 0.688. The molecule has 2 heterocycles. The van der Waals surface area contributed by atoms with E-state index in [0.717, 1.165) is 4.90 Å². The van der Waals surface area contributed by atoms with Gasteiger partial charge in [-0.05, 0) is 29.3 Å². The molecule has 1 saturated heterocycles. The second-order valence-corrected chi connectivity index (χ2v) is 6.21. The summed E-state index contributed by atoms with van der Waals surface area (Å²) in [6, 6.07) is 10.5. The summed E-state index contributed by atoms with van der Waals surface area (Å²) in [5, 5.41) is 13.4. The number of nitrogens with zero attached hydrogens (tertiary/aromatic N) is 2. The normalized spacial score (nSPS) is 17.0. The van der Waals surface area contributed by atoms with Crippen molar-refractivity contribution in [1.29, 1.82) is 0 Å². The Labute approximate surface area is 159 Å². The molecule has 0 aliphatic carbocycles. The van der Waals surface area contributed by atoms with E-state index in [1.54, 1.807) is 24.3 Å². The Morgan fingerprint density at radius 3 is 2.68 bits per heavy atom. The van der Waals surface area contributed by atoms with E-state index in [-0.39, 0.29) is 17.9 Å². The van der Waals surface area contributed by atoms with Gasteiger partial charge in [-0.15, -0.1) is 0 Å². The lowest BCUT2D eigenvalue weighted by atomic mass is 10.1. The molecule has 2 aliphatic heterocycles. The predicted octanol–water partition coefficient (Wildman–Crippen LogP) is 2.46. The van der Waals surface area contributed by atoms with Crippen LogP contribution >= 0.6 is 0 Å². The highest BCUT2D eigenvalue weighted by Crippen LogP contribution is 2.31. The smallest absolute Gasteiger partial charge is 0.329 e. The van der Waals surface area contributed by atoms with Crippen molar-refractivity contribution in [3.05, 3.63) is 69.4 Å². The number of carbonyl (C=O) groups excluding carboxylic acids is 2. The Morgan fingerprint density at radius 2 is 1.89 bits per heavy atom. The SMILES string of the molecule is O=C1NC(=Cc2cccc([N+](=O)[O-])c2)C(=O)N1Cc1ccc2c(c1)OCCO2. The van der Waals surface area contributed by atoms with Crippen LogP contribution in [0.1, 0.15) is 11.1 Å². The third kappa shape index (κ3) is 3.37. The van der Waals surface area contributed by atoms with Gasteiger partial charge in [-0.1, -0.05) is 18.2 Å². The van der Waals surface area contributed by atoms with E-state index in [9.17, 15) is 19.7 Å². The maximum absolute atomic E-state index is 12.6. The molecule has 0 saturated carbocycles. The second kappa shape index (κ2) is 7.03. The second-order valence-electron chi connectivity index (χ2n) is 6.21. The summed E-state index contributed by atoms with van der Waals surface area (Å²) in [5.41, 5.74) is 1.12. The van der Waals surface area contributed by atoms with Crippen LogP contribution in [0.5, 0.6) is 11.5 Å². The maximum Gasteiger partial charge on any atom is 0.329 e. The van der Waals surface area contributed by atoms with Gasteiger partial charge < -0.3 is 14.8 Å². The van der Waals surface area contributed by atoms with Crippen LogP contribution in [-0.4, -0.2) is 35.0 Å². The molecule has 1 fully saturated rings. The Hall–Kier alpha value is -3.88. The van der Waals surface area contributed by atoms with Gasteiger partial charge in [0.15, 0.2) is 11.5 Å². The summed E-state index contributed by atoms with van der Waals surface area (Å²) in [6.45, 7) is 0.981. The fourth-order valence-corrected chi connectivity index (χ4v) is 2.98. The third-order valence-electron chi connectivity index (χ3n) is 4.30. The number of hydrogen-bond donors (Lipinski definition) is 1. The lowest BCUT2D eigenvalue weighted by Gasteiger charge is -2.19. The van der Waals surface area contributed by atoms with E-state index in [2.05, 4.69) is 5.32 Å². The summed E-state index contributed by atoms with van der Waals surface area (Å²) in [4.78, 5) is 36.3. The highest BCUT2D eigenvalue weighted by molar-refractivity contribution is 6.13. The summed E-state index contributed by atoms with van der Waals surface area (Å²) >= 11 is 0. The Kier molecular flexibility index (Phi) is 4.40.